The molecular weight excluding hydrogens is 324 g/mol. The van der Waals surface area contributed by atoms with Crippen LogP contribution in [0.3, 0.4) is 0 Å². The van der Waals surface area contributed by atoms with Gasteiger partial charge in [-0.3, -0.25) is 10.1 Å². The highest BCUT2D eigenvalue weighted by atomic mass is 79.9. The molecule has 1 heterocycles. The summed E-state index contributed by atoms with van der Waals surface area (Å²) >= 11 is 3.36. The number of nitro groups is 1. The van der Waals surface area contributed by atoms with Crippen LogP contribution in [0.15, 0.2) is 28.9 Å². The number of hydrogen-bond donors (Lipinski definition) is 0. The van der Waals surface area contributed by atoms with Crippen LogP contribution in [0.5, 0.6) is 11.6 Å². The molecule has 0 atom stereocenters. The molecule has 5 nitrogen and oxygen atoms in total. The van der Waals surface area contributed by atoms with Gasteiger partial charge in [-0.15, -0.1) is 0 Å². The molecule has 0 aliphatic carbocycles. The number of halogens is 1. The van der Waals surface area contributed by atoms with Gasteiger partial charge in [0.05, 0.1) is 11.0 Å². The predicted molar refractivity (Wildman–Crippen MR) is 79.3 cm³/mol. The Labute approximate surface area is 124 Å². The molecule has 0 amide bonds. The van der Waals surface area contributed by atoms with Gasteiger partial charge in [-0.05, 0) is 53.9 Å². The molecule has 0 spiro atoms. The van der Waals surface area contributed by atoms with E-state index < -0.39 is 4.92 Å². The summed E-state index contributed by atoms with van der Waals surface area (Å²) in [5.41, 5.74) is 2.46. The van der Waals surface area contributed by atoms with Crippen LogP contribution in [0, 0.1) is 30.9 Å². The molecule has 6 heteroatoms. The first-order valence-corrected chi connectivity index (χ1v) is 6.73. The predicted octanol–water partition coefficient (Wildman–Crippen LogP) is 4.47. The minimum absolute atomic E-state index is 0.0411. The fourth-order valence-corrected chi connectivity index (χ4v) is 2.03. The van der Waals surface area contributed by atoms with Crippen molar-refractivity contribution >= 4 is 21.6 Å². The molecule has 0 saturated carbocycles. The quantitative estimate of drug-likeness (QED) is 0.612. The molecule has 20 heavy (non-hydrogen) atoms. The average Bonchev–Trinajstić information content (AvgIpc) is 2.36. The fourth-order valence-electron chi connectivity index (χ4n) is 1.81. The lowest BCUT2D eigenvalue weighted by Crippen LogP contribution is -1.96. The molecule has 1 aromatic carbocycles. The number of nitro benzene ring substituents is 1. The first kappa shape index (κ1) is 14.5. The number of hydrogen-bond acceptors (Lipinski definition) is 4. The SMILES string of the molecule is Cc1cc(Oc2cc([N+](=O)[O-])c(C)cc2C)ncc1Br. The third-order valence-electron chi connectivity index (χ3n) is 2.93. The first-order valence-electron chi connectivity index (χ1n) is 5.94. The summed E-state index contributed by atoms with van der Waals surface area (Å²) in [4.78, 5) is 14.7. The van der Waals surface area contributed by atoms with E-state index in [1.165, 1.54) is 6.07 Å². The van der Waals surface area contributed by atoms with Gasteiger partial charge in [-0.2, -0.15) is 0 Å². The Bertz CT molecular complexity index is 686. The maximum atomic E-state index is 11.0. The highest BCUT2D eigenvalue weighted by Gasteiger charge is 2.15. The van der Waals surface area contributed by atoms with Crippen LogP contribution in [-0.2, 0) is 0 Å². The molecule has 0 saturated heterocycles. The fraction of sp³-hybridized carbons (Fsp3) is 0.214. The molecule has 0 bridgehead atoms. The number of benzene rings is 1. The molecule has 0 N–H and O–H groups in total. The highest BCUT2D eigenvalue weighted by molar-refractivity contribution is 9.10. The third-order valence-corrected chi connectivity index (χ3v) is 3.76. The normalized spacial score (nSPS) is 10.4. The van der Waals surface area contributed by atoms with Gasteiger partial charge in [-0.25, -0.2) is 4.98 Å². The number of ether oxygens (including phenoxy) is 1. The van der Waals surface area contributed by atoms with Crippen LogP contribution in [0.25, 0.3) is 0 Å². The summed E-state index contributed by atoms with van der Waals surface area (Å²) in [7, 11) is 0. The molecule has 2 rings (SSSR count). The maximum absolute atomic E-state index is 11.0. The molecule has 1 aromatic heterocycles. The molecule has 0 aliphatic heterocycles. The zero-order valence-electron chi connectivity index (χ0n) is 11.3. The Morgan fingerprint density at radius 2 is 1.85 bits per heavy atom. The minimum Gasteiger partial charge on any atom is -0.438 e. The van der Waals surface area contributed by atoms with Crippen LogP contribution in [-0.4, -0.2) is 9.91 Å². The van der Waals surface area contributed by atoms with Crippen molar-refractivity contribution in [2.75, 3.05) is 0 Å². The second kappa shape index (κ2) is 5.58. The Hall–Kier alpha value is -1.95. The smallest absolute Gasteiger partial charge is 0.276 e. The van der Waals surface area contributed by atoms with Crippen LogP contribution < -0.4 is 4.74 Å². The van der Waals surface area contributed by atoms with Crippen molar-refractivity contribution in [2.24, 2.45) is 0 Å². The molecule has 0 aliphatic rings. The lowest BCUT2D eigenvalue weighted by molar-refractivity contribution is -0.385. The van der Waals surface area contributed by atoms with Gasteiger partial charge in [0.2, 0.25) is 5.88 Å². The van der Waals surface area contributed by atoms with Crippen LogP contribution in [0.2, 0.25) is 0 Å². The zero-order chi connectivity index (χ0) is 14.9. The standard InChI is InChI=1S/C14H13BrN2O3/c1-8-5-14(16-7-11(8)15)20-13-6-12(17(18)19)9(2)4-10(13)3/h4-7H,1-3H3. The van der Waals surface area contributed by atoms with Crippen molar-refractivity contribution < 1.29 is 9.66 Å². The summed E-state index contributed by atoms with van der Waals surface area (Å²) in [6.45, 7) is 5.47. The van der Waals surface area contributed by atoms with Crippen LogP contribution in [0.1, 0.15) is 16.7 Å². The van der Waals surface area contributed by atoms with Gasteiger partial charge in [0.15, 0.2) is 0 Å². The molecular formula is C14H13BrN2O3. The van der Waals surface area contributed by atoms with Crippen molar-refractivity contribution in [3.05, 3.63) is 55.7 Å². The van der Waals surface area contributed by atoms with Crippen molar-refractivity contribution in [2.45, 2.75) is 20.8 Å². The summed E-state index contributed by atoms with van der Waals surface area (Å²) in [5, 5.41) is 11.0. The van der Waals surface area contributed by atoms with Crippen molar-refractivity contribution in [3.8, 4) is 11.6 Å². The van der Waals surface area contributed by atoms with Crippen LogP contribution in [0.4, 0.5) is 5.69 Å². The highest BCUT2D eigenvalue weighted by Crippen LogP contribution is 2.31. The van der Waals surface area contributed by atoms with Gasteiger partial charge >= 0.3 is 0 Å². The van der Waals surface area contributed by atoms with Gasteiger partial charge in [0.25, 0.3) is 5.69 Å². The van der Waals surface area contributed by atoms with E-state index in [1.807, 2.05) is 13.8 Å². The lowest BCUT2D eigenvalue weighted by Gasteiger charge is -2.10. The Morgan fingerprint density at radius 1 is 1.15 bits per heavy atom. The van der Waals surface area contributed by atoms with E-state index in [2.05, 4.69) is 20.9 Å². The average molecular weight is 337 g/mol. The Morgan fingerprint density at radius 3 is 2.45 bits per heavy atom. The van der Waals surface area contributed by atoms with E-state index >= 15 is 0 Å². The van der Waals surface area contributed by atoms with Gasteiger partial charge in [0.1, 0.15) is 5.75 Å². The molecule has 2 aromatic rings. The summed E-state index contributed by atoms with van der Waals surface area (Å²) in [6, 6.07) is 4.94. The first-order chi connectivity index (χ1) is 9.38. The maximum Gasteiger partial charge on any atom is 0.276 e. The van der Waals surface area contributed by atoms with Gasteiger partial charge < -0.3 is 4.74 Å². The largest absolute Gasteiger partial charge is 0.438 e. The number of nitrogens with zero attached hydrogens (tertiary/aromatic N) is 2. The Balaban J connectivity index is 2.40. The Kier molecular flexibility index (Phi) is 4.04. The van der Waals surface area contributed by atoms with E-state index in [9.17, 15) is 10.1 Å². The van der Waals surface area contributed by atoms with Crippen molar-refractivity contribution in [3.63, 3.8) is 0 Å². The third kappa shape index (κ3) is 2.96. The van der Waals surface area contributed by atoms with E-state index in [-0.39, 0.29) is 5.69 Å². The number of aryl methyl sites for hydroxylation is 3. The summed E-state index contributed by atoms with van der Waals surface area (Å²) in [6.07, 6.45) is 1.64. The zero-order valence-corrected chi connectivity index (χ0v) is 12.9. The summed E-state index contributed by atoms with van der Waals surface area (Å²) < 4.78 is 6.54. The molecule has 0 fully saturated rings. The van der Waals surface area contributed by atoms with Crippen molar-refractivity contribution in [1.29, 1.82) is 0 Å². The monoisotopic (exact) mass is 336 g/mol. The summed E-state index contributed by atoms with van der Waals surface area (Å²) in [5.74, 6) is 0.850. The van der Waals surface area contributed by atoms with Gasteiger partial charge in [0, 0.05) is 22.3 Å². The van der Waals surface area contributed by atoms with Crippen molar-refractivity contribution in [1.82, 2.24) is 4.98 Å². The number of aromatic nitrogens is 1. The molecule has 0 radical (unpaired) electrons. The number of rotatable bonds is 3. The lowest BCUT2D eigenvalue weighted by atomic mass is 10.1. The number of pyridine rings is 1. The van der Waals surface area contributed by atoms with E-state index in [4.69, 9.17) is 4.74 Å². The molecule has 0 unspecified atom stereocenters. The van der Waals surface area contributed by atoms with E-state index in [0.717, 1.165) is 15.6 Å². The van der Waals surface area contributed by atoms with Gasteiger partial charge in [-0.1, -0.05) is 0 Å². The van der Waals surface area contributed by atoms with E-state index in [1.54, 1.807) is 25.3 Å². The second-order valence-electron chi connectivity index (χ2n) is 4.54. The molecule has 104 valence electrons. The van der Waals surface area contributed by atoms with E-state index in [0.29, 0.717) is 17.2 Å². The topological polar surface area (TPSA) is 65.3 Å². The van der Waals surface area contributed by atoms with Crippen LogP contribution >= 0.6 is 15.9 Å². The minimum atomic E-state index is -0.415. The second-order valence-corrected chi connectivity index (χ2v) is 5.39.